The smallest absolute Gasteiger partial charge is 0.265 e. The number of aromatic nitrogens is 3. The molecule has 0 aliphatic carbocycles. The molecule has 10 heteroatoms. The Morgan fingerprint density at radius 3 is 2.63 bits per heavy atom. The van der Waals surface area contributed by atoms with Gasteiger partial charge in [-0.25, -0.2) is 9.97 Å². The maximum atomic E-state index is 13.6. The SMILES string of the molecule is CC(=O)NCc1ccc(C2C[C@H](C)[C@@H]3CN(c4nc(C(C)(C)C)ccc4C(=O)NSc4cccc(n4)N2)C(C)(C)C3)nc1. The number of pyridine rings is 3. The van der Waals surface area contributed by atoms with Gasteiger partial charge in [-0.3, -0.25) is 19.3 Å². The van der Waals surface area contributed by atoms with Gasteiger partial charge >= 0.3 is 0 Å². The Hall–Kier alpha value is -3.66. The van der Waals surface area contributed by atoms with Crippen LogP contribution in [-0.4, -0.2) is 38.8 Å². The minimum absolute atomic E-state index is 0.0672. The fourth-order valence-corrected chi connectivity index (χ4v) is 6.57. The van der Waals surface area contributed by atoms with Crippen LogP contribution in [0.25, 0.3) is 0 Å². The number of hydrogen-bond acceptors (Lipinski definition) is 8. The molecular formula is C33H43N7O2S. The van der Waals surface area contributed by atoms with E-state index in [0.29, 0.717) is 29.0 Å². The summed E-state index contributed by atoms with van der Waals surface area (Å²) in [5.74, 6) is 1.94. The monoisotopic (exact) mass is 601 g/mol. The van der Waals surface area contributed by atoms with E-state index in [1.165, 1.54) is 18.9 Å². The molecule has 0 radical (unpaired) electrons. The second-order valence-corrected chi connectivity index (χ2v) is 14.3. The number of carbonyl (C=O) groups excluding carboxylic acids is 2. The molecule has 43 heavy (non-hydrogen) atoms. The molecule has 1 unspecified atom stereocenters. The van der Waals surface area contributed by atoms with Crippen molar-refractivity contribution in [2.24, 2.45) is 11.8 Å². The van der Waals surface area contributed by atoms with E-state index in [2.05, 4.69) is 61.8 Å². The molecule has 2 aliphatic rings. The number of rotatable bonds is 3. The highest BCUT2D eigenvalue weighted by atomic mass is 32.2. The Kier molecular flexibility index (Phi) is 8.70. The van der Waals surface area contributed by atoms with Crippen molar-refractivity contribution in [2.45, 2.75) is 89.9 Å². The van der Waals surface area contributed by atoms with Crippen molar-refractivity contribution in [2.75, 3.05) is 16.8 Å². The number of carbonyl (C=O) groups is 2. The van der Waals surface area contributed by atoms with Gasteiger partial charge in [0.2, 0.25) is 5.91 Å². The van der Waals surface area contributed by atoms with E-state index >= 15 is 0 Å². The number of nitrogens with zero attached hydrogens (tertiary/aromatic N) is 4. The first-order chi connectivity index (χ1) is 20.3. The predicted octanol–water partition coefficient (Wildman–Crippen LogP) is 6.04. The zero-order chi connectivity index (χ0) is 30.9. The summed E-state index contributed by atoms with van der Waals surface area (Å²) in [4.78, 5) is 42.1. The zero-order valence-electron chi connectivity index (χ0n) is 26.2. The molecule has 3 aromatic heterocycles. The number of fused-ring (bicyclic) bond motifs is 6. The lowest BCUT2D eigenvalue weighted by atomic mass is 9.83. The second-order valence-electron chi connectivity index (χ2n) is 13.5. The molecule has 5 heterocycles. The summed E-state index contributed by atoms with van der Waals surface area (Å²) in [7, 11) is 0. The van der Waals surface area contributed by atoms with E-state index in [9.17, 15) is 9.59 Å². The van der Waals surface area contributed by atoms with Gasteiger partial charge in [0, 0.05) is 54.8 Å². The molecule has 3 aromatic rings. The van der Waals surface area contributed by atoms with Crippen molar-refractivity contribution in [3.05, 3.63) is 71.2 Å². The second kappa shape index (κ2) is 12.1. The van der Waals surface area contributed by atoms with Gasteiger partial charge in [-0.2, -0.15) is 0 Å². The lowest BCUT2D eigenvalue weighted by molar-refractivity contribution is -0.119. The van der Waals surface area contributed by atoms with Crippen molar-refractivity contribution < 1.29 is 9.59 Å². The summed E-state index contributed by atoms with van der Waals surface area (Å²) in [6.07, 6.45) is 3.66. The average molecular weight is 602 g/mol. The van der Waals surface area contributed by atoms with Crippen molar-refractivity contribution in [3.8, 4) is 0 Å². The van der Waals surface area contributed by atoms with Crippen LogP contribution in [0.2, 0.25) is 0 Å². The van der Waals surface area contributed by atoms with Gasteiger partial charge in [-0.05, 0) is 74.4 Å². The summed E-state index contributed by atoms with van der Waals surface area (Å²) in [5, 5.41) is 7.16. The Bertz CT molecular complexity index is 1490. The first-order valence-corrected chi connectivity index (χ1v) is 15.8. The van der Waals surface area contributed by atoms with E-state index in [1.54, 1.807) is 0 Å². The molecule has 4 bridgehead atoms. The van der Waals surface area contributed by atoms with E-state index in [-0.39, 0.29) is 28.8 Å². The first kappa shape index (κ1) is 30.8. The van der Waals surface area contributed by atoms with Crippen LogP contribution in [0.1, 0.15) is 94.7 Å². The van der Waals surface area contributed by atoms with Gasteiger partial charge in [-0.15, -0.1) is 0 Å². The minimum Gasteiger partial charge on any atom is -0.362 e. The topological polar surface area (TPSA) is 112 Å². The van der Waals surface area contributed by atoms with Crippen LogP contribution in [0.4, 0.5) is 11.6 Å². The third-order valence-corrected chi connectivity index (χ3v) is 9.23. The normalized spacial score (nSPS) is 22.0. The number of anilines is 2. The molecule has 0 aromatic carbocycles. The molecule has 1 saturated heterocycles. The zero-order valence-corrected chi connectivity index (χ0v) is 27.0. The Labute approximate surface area is 259 Å². The highest BCUT2D eigenvalue weighted by molar-refractivity contribution is 7.97. The van der Waals surface area contributed by atoms with Gasteiger partial charge in [0.05, 0.1) is 17.3 Å². The molecule has 2 aliphatic heterocycles. The summed E-state index contributed by atoms with van der Waals surface area (Å²) in [5.41, 5.74) is 3.08. The van der Waals surface area contributed by atoms with Crippen LogP contribution >= 0.6 is 11.9 Å². The van der Waals surface area contributed by atoms with E-state index in [0.717, 1.165) is 48.0 Å². The first-order valence-electron chi connectivity index (χ1n) is 15.0. The van der Waals surface area contributed by atoms with Crippen LogP contribution in [-0.2, 0) is 16.8 Å². The molecule has 2 amide bonds. The quantitative estimate of drug-likeness (QED) is 0.312. The maximum absolute atomic E-state index is 13.6. The Morgan fingerprint density at radius 2 is 1.93 bits per heavy atom. The van der Waals surface area contributed by atoms with Gasteiger partial charge in [0.15, 0.2) is 0 Å². The summed E-state index contributed by atoms with van der Waals surface area (Å²) in [6.45, 7) is 16.0. The van der Waals surface area contributed by atoms with E-state index in [1.807, 2.05) is 48.7 Å². The van der Waals surface area contributed by atoms with Crippen molar-refractivity contribution in [1.29, 1.82) is 0 Å². The fourth-order valence-electron chi connectivity index (χ4n) is 5.98. The molecule has 0 saturated carbocycles. The van der Waals surface area contributed by atoms with E-state index < -0.39 is 0 Å². The van der Waals surface area contributed by atoms with Crippen molar-refractivity contribution >= 4 is 35.4 Å². The largest absolute Gasteiger partial charge is 0.362 e. The molecule has 5 rings (SSSR count). The van der Waals surface area contributed by atoms with E-state index in [4.69, 9.17) is 15.0 Å². The van der Waals surface area contributed by atoms with Crippen LogP contribution in [0.5, 0.6) is 0 Å². The Balaban J connectivity index is 1.53. The number of hydrogen-bond donors (Lipinski definition) is 3. The van der Waals surface area contributed by atoms with Gasteiger partial charge in [0.25, 0.3) is 5.91 Å². The molecule has 9 nitrogen and oxygen atoms in total. The molecular weight excluding hydrogens is 558 g/mol. The number of nitrogens with one attached hydrogen (secondary N) is 3. The molecule has 3 atom stereocenters. The molecule has 0 spiro atoms. The van der Waals surface area contributed by atoms with Crippen LogP contribution in [0.3, 0.4) is 0 Å². The van der Waals surface area contributed by atoms with Crippen molar-refractivity contribution in [3.63, 3.8) is 0 Å². The number of amides is 2. The third-order valence-electron chi connectivity index (χ3n) is 8.51. The predicted molar refractivity (Wildman–Crippen MR) is 172 cm³/mol. The van der Waals surface area contributed by atoms with Gasteiger partial charge in [-0.1, -0.05) is 39.8 Å². The summed E-state index contributed by atoms with van der Waals surface area (Å²) < 4.78 is 3.02. The fraction of sp³-hybridized carbons (Fsp3) is 0.485. The standard InChI is InChI=1S/C33H43N7O2S/c1-20-15-26(25-13-11-22(18-35-25)17-34-21(2)41)36-28-9-8-10-29(38-28)43-39-31(42)24-12-14-27(32(3,4)5)37-30(24)40-19-23(20)16-33(40,6)7/h8-14,18,20,23,26H,15-17,19H2,1-7H3,(H,34,41)(H,36,38)(H,39,42)/t20-,23-,26?/m0/s1. The summed E-state index contributed by atoms with van der Waals surface area (Å²) >= 11 is 1.20. The van der Waals surface area contributed by atoms with Crippen LogP contribution in [0.15, 0.2) is 53.7 Å². The lowest BCUT2D eigenvalue weighted by Gasteiger charge is -2.34. The molecule has 3 N–H and O–H groups in total. The van der Waals surface area contributed by atoms with Crippen LogP contribution < -0.4 is 20.3 Å². The van der Waals surface area contributed by atoms with Gasteiger partial charge < -0.3 is 15.5 Å². The lowest BCUT2D eigenvalue weighted by Crippen LogP contribution is -2.40. The maximum Gasteiger partial charge on any atom is 0.265 e. The highest BCUT2D eigenvalue weighted by Crippen LogP contribution is 2.43. The minimum atomic E-state index is -0.184. The summed E-state index contributed by atoms with van der Waals surface area (Å²) in [6, 6.07) is 13.6. The third kappa shape index (κ3) is 7.12. The highest BCUT2D eigenvalue weighted by Gasteiger charge is 2.43. The average Bonchev–Trinajstić information content (AvgIpc) is 3.28. The molecule has 228 valence electrons. The van der Waals surface area contributed by atoms with Crippen molar-refractivity contribution in [1.82, 2.24) is 25.0 Å². The molecule has 1 fully saturated rings. The van der Waals surface area contributed by atoms with Crippen LogP contribution in [0, 0.1) is 11.8 Å². The Morgan fingerprint density at radius 1 is 1.14 bits per heavy atom. The van der Waals surface area contributed by atoms with Gasteiger partial charge in [0.1, 0.15) is 16.7 Å².